The summed E-state index contributed by atoms with van der Waals surface area (Å²) < 4.78 is 0. The van der Waals surface area contributed by atoms with Gasteiger partial charge in [-0.25, -0.2) is 0 Å². The maximum atomic E-state index is 11.3. The lowest BCUT2D eigenvalue weighted by Gasteiger charge is -2.08. The number of halogens is 1. The number of amides is 1. The number of hydrogen-bond donors (Lipinski definition) is 2. The molecule has 1 atom stereocenters. The Kier molecular flexibility index (Phi) is 3.81. The third-order valence-corrected chi connectivity index (χ3v) is 2.06. The minimum absolute atomic E-state index is 0.0803. The van der Waals surface area contributed by atoms with E-state index in [1.807, 2.05) is 0 Å². The zero-order valence-corrected chi connectivity index (χ0v) is 9.19. The molecule has 0 spiro atoms. The molecular weight excluding hydrogens is 234 g/mol. The van der Waals surface area contributed by atoms with Crippen molar-refractivity contribution in [2.75, 3.05) is 5.32 Å². The zero-order valence-electron chi connectivity index (χ0n) is 8.44. The van der Waals surface area contributed by atoms with Crippen LogP contribution >= 0.6 is 11.6 Å². The average molecular weight is 244 g/mol. The Bertz CT molecular complexity index is 434. The number of nitro groups is 1. The van der Waals surface area contributed by atoms with Crippen LogP contribution in [0.1, 0.15) is 6.92 Å². The van der Waals surface area contributed by atoms with Gasteiger partial charge in [-0.1, -0.05) is 11.6 Å². The van der Waals surface area contributed by atoms with Gasteiger partial charge in [0.25, 0.3) is 5.69 Å². The molecule has 0 saturated carbocycles. The van der Waals surface area contributed by atoms with Gasteiger partial charge in [0.2, 0.25) is 5.91 Å². The van der Waals surface area contributed by atoms with Gasteiger partial charge in [0.15, 0.2) is 0 Å². The highest BCUT2D eigenvalue weighted by Crippen LogP contribution is 2.27. The van der Waals surface area contributed by atoms with Gasteiger partial charge in [-0.15, -0.1) is 0 Å². The van der Waals surface area contributed by atoms with E-state index in [2.05, 4.69) is 5.32 Å². The van der Waals surface area contributed by atoms with Crippen molar-refractivity contribution in [2.24, 2.45) is 5.73 Å². The molecule has 0 aliphatic carbocycles. The molecule has 1 amide bonds. The Morgan fingerprint density at radius 1 is 1.62 bits per heavy atom. The summed E-state index contributed by atoms with van der Waals surface area (Å²) in [5, 5.41) is 13.3. The molecule has 7 heteroatoms. The maximum absolute atomic E-state index is 11.3. The number of carbonyl (C=O) groups is 1. The van der Waals surface area contributed by atoms with Gasteiger partial charge >= 0.3 is 0 Å². The van der Waals surface area contributed by atoms with Crippen molar-refractivity contribution in [1.29, 1.82) is 0 Å². The van der Waals surface area contributed by atoms with E-state index in [1.165, 1.54) is 25.1 Å². The molecule has 16 heavy (non-hydrogen) atoms. The molecular formula is C9H10ClN3O3. The molecule has 0 fully saturated rings. The first-order valence-corrected chi connectivity index (χ1v) is 4.80. The summed E-state index contributed by atoms with van der Waals surface area (Å²) in [6, 6.07) is 3.24. The minimum atomic E-state index is -0.740. The SMILES string of the molecule is C[C@@H](N)C(=O)Nc1ccc(Cl)cc1[N+](=O)[O-]. The van der Waals surface area contributed by atoms with Crippen LogP contribution in [0.5, 0.6) is 0 Å². The molecule has 86 valence electrons. The van der Waals surface area contributed by atoms with E-state index < -0.39 is 16.9 Å². The fourth-order valence-electron chi connectivity index (χ4n) is 1.01. The van der Waals surface area contributed by atoms with Crippen LogP contribution in [0.2, 0.25) is 5.02 Å². The van der Waals surface area contributed by atoms with E-state index in [4.69, 9.17) is 17.3 Å². The van der Waals surface area contributed by atoms with Crippen LogP contribution < -0.4 is 11.1 Å². The lowest BCUT2D eigenvalue weighted by Crippen LogP contribution is -2.32. The van der Waals surface area contributed by atoms with Crippen LogP contribution in [0.15, 0.2) is 18.2 Å². The number of anilines is 1. The van der Waals surface area contributed by atoms with Gasteiger partial charge in [0.05, 0.1) is 11.0 Å². The topological polar surface area (TPSA) is 98.3 Å². The van der Waals surface area contributed by atoms with E-state index >= 15 is 0 Å². The minimum Gasteiger partial charge on any atom is -0.320 e. The Labute approximate surface area is 96.5 Å². The molecule has 1 rings (SSSR count). The van der Waals surface area contributed by atoms with Crippen molar-refractivity contribution in [3.05, 3.63) is 33.3 Å². The number of nitrogens with zero attached hydrogens (tertiary/aromatic N) is 1. The van der Waals surface area contributed by atoms with Crippen molar-refractivity contribution >= 4 is 28.9 Å². The highest BCUT2D eigenvalue weighted by Gasteiger charge is 2.17. The summed E-state index contributed by atoms with van der Waals surface area (Å²) in [7, 11) is 0. The lowest BCUT2D eigenvalue weighted by molar-refractivity contribution is -0.383. The Balaban J connectivity index is 3.04. The van der Waals surface area contributed by atoms with Crippen LogP contribution in [0.4, 0.5) is 11.4 Å². The highest BCUT2D eigenvalue weighted by atomic mass is 35.5. The Hall–Kier alpha value is -1.66. The average Bonchev–Trinajstić information content (AvgIpc) is 2.20. The first-order chi connectivity index (χ1) is 7.41. The summed E-state index contributed by atoms with van der Waals surface area (Å²) in [5.74, 6) is -0.495. The molecule has 1 aromatic rings. The highest BCUT2D eigenvalue weighted by molar-refractivity contribution is 6.31. The van der Waals surface area contributed by atoms with Gasteiger partial charge in [-0.3, -0.25) is 14.9 Å². The second kappa shape index (κ2) is 4.91. The fourth-order valence-corrected chi connectivity index (χ4v) is 1.17. The summed E-state index contributed by atoms with van der Waals surface area (Å²) in [4.78, 5) is 21.3. The van der Waals surface area contributed by atoms with Crippen molar-refractivity contribution in [1.82, 2.24) is 0 Å². The first kappa shape index (κ1) is 12.4. The number of carbonyl (C=O) groups excluding carboxylic acids is 1. The summed E-state index contributed by atoms with van der Waals surface area (Å²) in [6.45, 7) is 1.48. The summed E-state index contributed by atoms with van der Waals surface area (Å²) in [6.07, 6.45) is 0. The number of nitro benzene ring substituents is 1. The molecule has 6 nitrogen and oxygen atoms in total. The number of rotatable bonds is 3. The van der Waals surface area contributed by atoms with Gasteiger partial charge in [-0.05, 0) is 19.1 Å². The van der Waals surface area contributed by atoms with Crippen molar-refractivity contribution in [3.8, 4) is 0 Å². The van der Waals surface area contributed by atoms with E-state index in [1.54, 1.807) is 0 Å². The number of benzene rings is 1. The quantitative estimate of drug-likeness (QED) is 0.621. The molecule has 3 N–H and O–H groups in total. The van der Waals surface area contributed by atoms with Crippen molar-refractivity contribution < 1.29 is 9.72 Å². The zero-order chi connectivity index (χ0) is 12.3. The second-order valence-electron chi connectivity index (χ2n) is 3.20. The lowest BCUT2D eigenvalue weighted by atomic mass is 10.2. The van der Waals surface area contributed by atoms with Crippen LogP contribution in [-0.2, 0) is 4.79 Å². The summed E-state index contributed by atoms with van der Waals surface area (Å²) in [5.41, 5.74) is 5.15. The van der Waals surface area contributed by atoms with Crippen molar-refractivity contribution in [2.45, 2.75) is 13.0 Å². The van der Waals surface area contributed by atoms with E-state index in [0.29, 0.717) is 0 Å². The number of nitrogens with two attached hydrogens (primary N) is 1. The molecule has 0 heterocycles. The predicted octanol–water partition coefficient (Wildman–Crippen LogP) is 1.53. The van der Waals surface area contributed by atoms with Gasteiger partial charge in [0, 0.05) is 11.1 Å². The molecule has 0 aromatic heterocycles. The Morgan fingerprint density at radius 3 is 2.75 bits per heavy atom. The molecule has 0 aliphatic rings. The summed E-state index contributed by atoms with van der Waals surface area (Å²) >= 11 is 5.62. The standard InChI is InChI=1S/C9H10ClN3O3/c1-5(11)9(14)12-7-3-2-6(10)4-8(7)13(15)16/h2-5H,11H2,1H3,(H,12,14)/t5-/m1/s1. The number of hydrogen-bond acceptors (Lipinski definition) is 4. The third-order valence-electron chi connectivity index (χ3n) is 1.83. The Morgan fingerprint density at radius 2 is 2.25 bits per heavy atom. The normalized spacial score (nSPS) is 11.9. The molecule has 0 saturated heterocycles. The molecule has 0 radical (unpaired) electrons. The van der Waals surface area contributed by atoms with E-state index in [-0.39, 0.29) is 16.4 Å². The molecule has 0 bridgehead atoms. The van der Waals surface area contributed by atoms with Crippen LogP contribution in [0.3, 0.4) is 0 Å². The largest absolute Gasteiger partial charge is 0.320 e. The van der Waals surface area contributed by atoms with Gasteiger partial charge in [-0.2, -0.15) is 0 Å². The van der Waals surface area contributed by atoms with Crippen LogP contribution in [0, 0.1) is 10.1 Å². The van der Waals surface area contributed by atoms with Gasteiger partial charge in [0.1, 0.15) is 5.69 Å². The van der Waals surface area contributed by atoms with E-state index in [0.717, 1.165) is 0 Å². The first-order valence-electron chi connectivity index (χ1n) is 4.42. The van der Waals surface area contributed by atoms with E-state index in [9.17, 15) is 14.9 Å². The van der Waals surface area contributed by atoms with Crippen LogP contribution in [-0.4, -0.2) is 16.9 Å². The molecule has 0 aliphatic heterocycles. The molecule has 1 aromatic carbocycles. The van der Waals surface area contributed by atoms with Crippen molar-refractivity contribution in [3.63, 3.8) is 0 Å². The predicted molar refractivity (Wildman–Crippen MR) is 60.4 cm³/mol. The molecule has 0 unspecified atom stereocenters. The van der Waals surface area contributed by atoms with Gasteiger partial charge < -0.3 is 11.1 Å². The smallest absolute Gasteiger partial charge is 0.294 e. The second-order valence-corrected chi connectivity index (χ2v) is 3.63. The van der Waals surface area contributed by atoms with Crippen LogP contribution in [0.25, 0.3) is 0 Å². The third kappa shape index (κ3) is 2.91. The fraction of sp³-hybridized carbons (Fsp3) is 0.222. The monoisotopic (exact) mass is 243 g/mol. The maximum Gasteiger partial charge on any atom is 0.294 e. The number of nitrogens with one attached hydrogen (secondary N) is 1.